The number of hydrogen-bond donors (Lipinski definition) is 3. The topological polar surface area (TPSA) is 133 Å². The summed E-state index contributed by atoms with van der Waals surface area (Å²) in [6.45, 7) is 5.42. The standard InChI is InChI=1S/C18H38.C4H13NO7P2/c1-3-5-7-9-11-13-15-17-18-16-14-12-10-8-6-4-2;1-4(5-6,13(7,8)11-2)14(9,10)12-3/h3-18H2,1-2H3;5H2,1-3H3,(H,7,8)(H,9,10). The third-order valence-electron chi connectivity index (χ3n) is 5.82. The Morgan fingerprint density at radius 2 is 0.875 bits per heavy atom. The first-order valence-corrected chi connectivity index (χ1v) is 15.5. The summed E-state index contributed by atoms with van der Waals surface area (Å²) in [5, 5.41) is 8.14. The maximum absolute atomic E-state index is 11.3. The molecule has 0 aromatic carbocycles. The molecule has 196 valence electrons. The number of unbranched alkanes of at least 4 members (excludes halogenated alkanes) is 15. The molecule has 0 saturated heterocycles. The van der Waals surface area contributed by atoms with E-state index in [1.54, 1.807) is 0 Å². The smallest absolute Gasteiger partial charge is 0.400 e. The number of hydroxylamine groups is 1. The average molecular weight is 504 g/mol. The van der Waals surface area contributed by atoms with E-state index in [4.69, 9.17) is 0 Å². The van der Waals surface area contributed by atoms with E-state index in [1.165, 1.54) is 103 Å². The van der Waals surface area contributed by atoms with E-state index in [0.717, 1.165) is 21.1 Å². The first kappa shape index (κ1) is 34.4. The average Bonchev–Trinajstić information content (AvgIpc) is 2.78. The van der Waals surface area contributed by atoms with Crippen molar-refractivity contribution in [1.82, 2.24) is 0 Å². The van der Waals surface area contributed by atoms with Gasteiger partial charge in [0.25, 0.3) is 5.02 Å². The molecule has 0 saturated carbocycles. The Morgan fingerprint density at radius 3 is 1.03 bits per heavy atom. The second-order valence-electron chi connectivity index (χ2n) is 8.57. The number of rotatable bonds is 20. The van der Waals surface area contributed by atoms with Gasteiger partial charge in [0, 0.05) is 21.1 Å². The largest absolute Gasteiger partial charge is 0.634 e. The molecule has 0 aliphatic carbocycles. The zero-order valence-corrected chi connectivity index (χ0v) is 23.0. The van der Waals surface area contributed by atoms with Crippen LogP contribution in [0, 0.1) is 5.21 Å². The first-order chi connectivity index (χ1) is 15.1. The molecule has 8 nitrogen and oxygen atoms in total. The Labute approximate surface area is 196 Å². The van der Waals surface area contributed by atoms with E-state index >= 15 is 0 Å². The van der Waals surface area contributed by atoms with E-state index in [-0.39, 0.29) is 5.48 Å². The van der Waals surface area contributed by atoms with Gasteiger partial charge in [-0.1, -0.05) is 117 Å². The molecule has 0 heterocycles. The molecule has 0 fully saturated rings. The van der Waals surface area contributed by atoms with Crippen LogP contribution in [0.25, 0.3) is 0 Å². The Morgan fingerprint density at radius 1 is 0.656 bits per heavy atom. The second kappa shape index (κ2) is 20.6. The van der Waals surface area contributed by atoms with Gasteiger partial charge in [0.2, 0.25) is 0 Å². The SMILES string of the molecule is CCCCCCCCCCCCCCCCCC.COP(=O)(O)C(C)([NH2+][O-])P(=O)(O)OC. The van der Waals surface area contributed by atoms with Gasteiger partial charge < -0.3 is 29.5 Å². The highest BCUT2D eigenvalue weighted by molar-refractivity contribution is 7.72. The lowest BCUT2D eigenvalue weighted by molar-refractivity contribution is -0.623. The van der Waals surface area contributed by atoms with Gasteiger partial charge in [-0.3, -0.25) is 9.13 Å². The van der Waals surface area contributed by atoms with Crippen molar-refractivity contribution in [1.29, 1.82) is 0 Å². The molecule has 10 heteroatoms. The minimum atomic E-state index is -4.54. The predicted octanol–water partition coefficient (Wildman–Crippen LogP) is 6.65. The van der Waals surface area contributed by atoms with Gasteiger partial charge >= 0.3 is 15.2 Å². The molecule has 0 aromatic heterocycles. The molecular weight excluding hydrogens is 452 g/mol. The third kappa shape index (κ3) is 14.5. The van der Waals surface area contributed by atoms with Gasteiger partial charge in [0.05, 0.1) is 0 Å². The van der Waals surface area contributed by atoms with Crippen LogP contribution in [0.3, 0.4) is 0 Å². The summed E-state index contributed by atoms with van der Waals surface area (Å²) >= 11 is 0. The van der Waals surface area contributed by atoms with E-state index in [9.17, 15) is 24.1 Å². The fourth-order valence-electron chi connectivity index (χ4n) is 3.28. The molecule has 32 heavy (non-hydrogen) atoms. The van der Waals surface area contributed by atoms with Crippen molar-refractivity contribution in [2.75, 3.05) is 14.2 Å². The molecule has 0 aliphatic heterocycles. The molecular formula is C22H51NO7P2. The lowest BCUT2D eigenvalue weighted by Crippen LogP contribution is -2.90. The summed E-state index contributed by atoms with van der Waals surface area (Å²) < 4.78 is 31.0. The molecule has 0 aliphatic rings. The highest BCUT2D eigenvalue weighted by Gasteiger charge is 2.61. The van der Waals surface area contributed by atoms with Crippen LogP contribution in [-0.2, 0) is 18.2 Å². The number of hydrogen-bond acceptors (Lipinski definition) is 5. The maximum Gasteiger partial charge on any atom is 0.400 e. The van der Waals surface area contributed by atoms with Crippen LogP contribution < -0.4 is 5.48 Å². The quantitative estimate of drug-likeness (QED) is 0.0962. The van der Waals surface area contributed by atoms with Crippen molar-refractivity contribution in [3.63, 3.8) is 0 Å². The first-order valence-electron chi connectivity index (χ1n) is 12.3. The molecule has 0 radical (unpaired) electrons. The Kier molecular flexibility index (Phi) is 22.1. The van der Waals surface area contributed by atoms with Crippen LogP contribution in [0.15, 0.2) is 0 Å². The Bertz CT molecular complexity index is 481. The molecule has 0 spiro atoms. The normalized spacial score (nSPS) is 17.0. The highest BCUT2D eigenvalue weighted by Crippen LogP contribution is 2.69. The Balaban J connectivity index is 0. The fraction of sp³-hybridized carbons (Fsp3) is 1.00. The summed E-state index contributed by atoms with van der Waals surface area (Å²) in [7, 11) is -7.36. The molecule has 4 N–H and O–H groups in total. The van der Waals surface area contributed by atoms with Crippen molar-refractivity contribution in [2.45, 2.75) is 129 Å². The monoisotopic (exact) mass is 503 g/mol. The molecule has 0 bridgehead atoms. The molecule has 2 unspecified atom stereocenters. The summed E-state index contributed by atoms with van der Waals surface area (Å²) in [6.07, 6.45) is 23.4. The van der Waals surface area contributed by atoms with Gasteiger partial charge in [0.15, 0.2) is 0 Å². The zero-order chi connectivity index (χ0) is 24.9. The highest BCUT2D eigenvalue weighted by atomic mass is 31.2. The van der Waals surface area contributed by atoms with Crippen LogP contribution in [0.4, 0.5) is 0 Å². The van der Waals surface area contributed by atoms with Gasteiger partial charge in [0.1, 0.15) is 0 Å². The maximum atomic E-state index is 11.3. The van der Waals surface area contributed by atoms with Crippen molar-refractivity contribution < 1.29 is 33.4 Å². The minimum Gasteiger partial charge on any atom is -0.634 e. The van der Waals surface area contributed by atoms with Crippen molar-refractivity contribution in [3.05, 3.63) is 5.21 Å². The molecule has 2 atom stereocenters. The van der Waals surface area contributed by atoms with Crippen molar-refractivity contribution in [2.24, 2.45) is 0 Å². The van der Waals surface area contributed by atoms with Crippen molar-refractivity contribution >= 4 is 15.2 Å². The summed E-state index contributed by atoms with van der Waals surface area (Å²) in [4.78, 5) is 18.4. The van der Waals surface area contributed by atoms with Crippen LogP contribution in [-0.4, -0.2) is 29.0 Å². The van der Waals surface area contributed by atoms with Crippen molar-refractivity contribution in [3.8, 4) is 0 Å². The van der Waals surface area contributed by atoms with Crippen LogP contribution in [0.2, 0.25) is 0 Å². The van der Waals surface area contributed by atoms with Gasteiger partial charge in [-0.2, -0.15) is 0 Å². The van der Waals surface area contributed by atoms with Gasteiger partial charge in [-0.05, 0) is 0 Å². The lowest BCUT2D eigenvalue weighted by atomic mass is 10.0. The van der Waals surface area contributed by atoms with Crippen LogP contribution in [0.1, 0.15) is 124 Å². The van der Waals surface area contributed by atoms with Crippen LogP contribution in [0.5, 0.6) is 0 Å². The number of quaternary nitrogens is 1. The molecule has 0 amide bonds. The van der Waals surface area contributed by atoms with E-state index in [2.05, 4.69) is 22.9 Å². The second-order valence-corrected chi connectivity index (χ2v) is 13.6. The summed E-state index contributed by atoms with van der Waals surface area (Å²) in [5.41, 5.74) is -0.110. The van der Waals surface area contributed by atoms with Crippen LogP contribution >= 0.6 is 15.2 Å². The number of nitrogens with two attached hydrogens (primary N) is 1. The van der Waals surface area contributed by atoms with E-state index in [0.29, 0.717) is 0 Å². The molecule has 0 rings (SSSR count). The zero-order valence-electron chi connectivity index (χ0n) is 21.2. The Hall–Kier alpha value is 0.220. The van der Waals surface area contributed by atoms with E-state index in [1.807, 2.05) is 0 Å². The summed E-state index contributed by atoms with van der Waals surface area (Å²) in [6, 6.07) is 0. The minimum absolute atomic E-state index is 0.110. The van der Waals surface area contributed by atoms with Gasteiger partial charge in [-0.25, -0.2) is 0 Å². The predicted molar refractivity (Wildman–Crippen MR) is 133 cm³/mol. The lowest BCUT2D eigenvalue weighted by Gasteiger charge is -2.33. The molecule has 0 aromatic rings. The third-order valence-corrected chi connectivity index (χ3v) is 10.8. The van der Waals surface area contributed by atoms with E-state index < -0.39 is 20.2 Å². The fourth-order valence-corrected chi connectivity index (χ4v) is 6.06. The summed E-state index contributed by atoms with van der Waals surface area (Å²) in [5.74, 6) is 0. The van der Waals surface area contributed by atoms with Gasteiger partial charge in [-0.15, -0.1) is 0 Å².